The average molecular weight is 317 g/mol. The Morgan fingerprint density at radius 2 is 1.53 bits per heavy atom. The fourth-order valence-corrected chi connectivity index (χ4v) is 2.41. The van der Waals surface area contributed by atoms with Crippen LogP contribution in [-0.2, 0) is 0 Å². The zero-order valence-electron chi connectivity index (χ0n) is 11.4. The first-order valence-corrected chi connectivity index (χ1v) is 6.98. The van der Waals surface area contributed by atoms with Gasteiger partial charge < -0.3 is 4.74 Å². The van der Waals surface area contributed by atoms with Gasteiger partial charge in [-0.25, -0.2) is 0 Å². The van der Waals surface area contributed by atoms with Gasteiger partial charge in [0.25, 0.3) is 0 Å². The molecule has 0 unspecified atom stereocenters. The number of hydrogen-bond acceptors (Lipinski definition) is 1. The quantitative estimate of drug-likeness (QED) is 0.703. The standard InChI is InChI=1S/C17H17BrO/c1-12-4-5-14(10-13(12)2)6-7-15-8-9-17(19-3)16(18)11-15/h4-11H,1-3H3/b7-6+. The van der Waals surface area contributed by atoms with Gasteiger partial charge in [0.1, 0.15) is 5.75 Å². The minimum absolute atomic E-state index is 0.850. The Kier molecular flexibility index (Phi) is 4.43. The molecule has 0 atom stereocenters. The zero-order valence-corrected chi connectivity index (χ0v) is 13.0. The van der Waals surface area contributed by atoms with Gasteiger partial charge in [-0.2, -0.15) is 0 Å². The maximum Gasteiger partial charge on any atom is 0.133 e. The molecular weight excluding hydrogens is 300 g/mol. The van der Waals surface area contributed by atoms with Gasteiger partial charge in [-0.15, -0.1) is 0 Å². The lowest BCUT2D eigenvalue weighted by Gasteiger charge is -2.04. The van der Waals surface area contributed by atoms with Crippen LogP contribution in [0.2, 0.25) is 0 Å². The van der Waals surface area contributed by atoms with Crippen molar-refractivity contribution in [3.05, 3.63) is 63.1 Å². The maximum absolute atomic E-state index is 5.22. The van der Waals surface area contributed by atoms with Crippen LogP contribution in [0.1, 0.15) is 22.3 Å². The molecule has 0 spiro atoms. The van der Waals surface area contributed by atoms with Crippen molar-refractivity contribution in [1.29, 1.82) is 0 Å². The average Bonchev–Trinajstić information content (AvgIpc) is 2.40. The van der Waals surface area contributed by atoms with Crippen LogP contribution >= 0.6 is 15.9 Å². The van der Waals surface area contributed by atoms with Crippen LogP contribution in [0, 0.1) is 13.8 Å². The second-order valence-corrected chi connectivity index (χ2v) is 5.43. The molecular formula is C17H17BrO. The minimum atomic E-state index is 0.850. The van der Waals surface area contributed by atoms with E-state index in [1.54, 1.807) is 7.11 Å². The zero-order chi connectivity index (χ0) is 13.8. The van der Waals surface area contributed by atoms with Crippen LogP contribution in [0.15, 0.2) is 40.9 Å². The number of benzene rings is 2. The van der Waals surface area contributed by atoms with Gasteiger partial charge in [0.15, 0.2) is 0 Å². The van der Waals surface area contributed by atoms with Crippen molar-refractivity contribution in [3.63, 3.8) is 0 Å². The molecule has 2 aromatic rings. The fourth-order valence-electron chi connectivity index (χ4n) is 1.85. The topological polar surface area (TPSA) is 9.23 Å². The van der Waals surface area contributed by atoms with Gasteiger partial charge >= 0.3 is 0 Å². The molecule has 2 aromatic carbocycles. The van der Waals surface area contributed by atoms with Crippen molar-refractivity contribution < 1.29 is 4.74 Å². The summed E-state index contributed by atoms with van der Waals surface area (Å²) in [5, 5.41) is 0. The third-order valence-corrected chi connectivity index (χ3v) is 3.79. The molecule has 2 heteroatoms. The number of ether oxygens (including phenoxy) is 1. The van der Waals surface area contributed by atoms with Crippen molar-refractivity contribution in [3.8, 4) is 5.75 Å². The molecule has 0 aliphatic carbocycles. The summed E-state index contributed by atoms with van der Waals surface area (Å²) in [6.07, 6.45) is 4.23. The molecule has 0 N–H and O–H groups in total. The van der Waals surface area contributed by atoms with E-state index >= 15 is 0 Å². The first-order valence-electron chi connectivity index (χ1n) is 6.19. The largest absolute Gasteiger partial charge is 0.496 e. The number of halogens is 1. The molecule has 19 heavy (non-hydrogen) atoms. The predicted molar refractivity (Wildman–Crippen MR) is 85.5 cm³/mol. The third-order valence-electron chi connectivity index (χ3n) is 3.18. The van der Waals surface area contributed by atoms with Crippen LogP contribution in [0.4, 0.5) is 0 Å². The van der Waals surface area contributed by atoms with Gasteiger partial charge in [0.2, 0.25) is 0 Å². The molecule has 0 saturated carbocycles. The molecule has 0 saturated heterocycles. The summed E-state index contributed by atoms with van der Waals surface area (Å²) in [6.45, 7) is 4.26. The lowest BCUT2D eigenvalue weighted by Crippen LogP contribution is -1.84. The molecule has 1 nitrogen and oxygen atoms in total. The van der Waals surface area contributed by atoms with Crippen LogP contribution < -0.4 is 4.74 Å². The smallest absolute Gasteiger partial charge is 0.133 e. The maximum atomic E-state index is 5.22. The Hall–Kier alpha value is -1.54. The van der Waals surface area contributed by atoms with E-state index in [0.29, 0.717) is 0 Å². The second-order valence-electron chi connectivity index (χ2n) is 4.57. The van der Waals surface area contributed by atoms with Crippen molar-refractivity contribution in [1.82, 2.24) is 0 Å². The summed E-state index contributed by atoms with van der Waals surface area (Å²) in [5.41, 5.74) is 5.00. The second kappa shape index (κ2) is 6.07. The summed E-state index contributed by atoms with van der Waals surface area (Å²) < 4.78 is 6.19. The third kappa shape index (κ3) is 3.48. The summed E-state index contributed by atoms with van der Waals surface area (Å²) >= 11 is 3.50. The van der Waals surface area contributed by atoms with E-state index in [9.17, 15) is 0 Å². The number of methoxy groups -OCH3 is 1. The minimum Gasteiger partial charge on any atom is -0.496 e. The van der Waals surface area contributed by atoms with Crippen LogP contribution in [0.5, 0.6) is 5.75 Å². The number of aryl methyl sites for hydroxylation is 2. The van der Waals surface area contributed by atoms with Gasteiger partial charge in [0.05, 0.1) is 11.6 Å². The Balaban J connectivity index is 2.22. The highest BCUT2D eigenvalue weighted by molar-refractivity contribution is 9.10. The van der Waals surface area contributed by atoms with E-state index in [0.717, 1.165) is 15.8 Å². The molecule has 0 aliphatic rings. The van der Waals surface area contributed by atoms with E-state index in [4.69, 9.17) is 4.74 Å². The Morgan fingerprint density at radius 1 is 0.895 bits per heavy atom. The van der Waals surface area contributed by atoms with Gasteiger partial charge in [0, 0.05) is 0 Å². The number of rotatable bonds is 3. The molecule has 0 radical (unpaired) electrons. The van der Waals surface area contributed by atoms with Crippen molar-refractivity contribution in [2.45, 2.75) is 13.8 Å². The lowest BCUT2D eigenvalue weighted by atomic mass is 10.1. The molecule has 0 amide bonds. The molecule has 0 bridgehead atoms. The summed E-state index contributed by atoms with van der Waals surface area (Å²) in [5.74, 6) is 0.850. The first-order chi connectivity index (χ1) is 9.10. The SMILES string of the molecule is COc1ccc(/C=C/c2ccc(C)c(C)c2)cc1Br. The highest BCUT2D eigenvalue weighted by atomic mass is 79.9. The van der Waals surface area contributed by atoms with Gasteiger partial charge in [-0.3, -0.25) is 0 Å². The monoisotopic (exact) mass is 316 g/mol. The van der Waals surface area contributed by atoms with E-state index in [2.05, 4.69) is 66.2 Å². The normalized spacial score (nSPS) is 10.9. The molecule has 98 valence electrons. The van der Waals surface area contributed by atoms with E-state index < -0.39 is 0 Å². The molecule has 0 fully saturated rings. The van der Waals surface area contributed by atoms with E-state index in [-0.39, 0.29) is 0 Å². The van der Waals surface area contributed by atoms with Gasteiger partial charge in [-0.05, 0) is 64.2 Å². The first kappa shape index (κ1) is 13.9. The van der Waals surface area contributed by atoms with Crippen molar-refractivity contribution in [2.75, 3.05) is 7.11 Å². The van der Waals surface area contributed by atoms with Crippen molar-refractivity contribution >= 4 is 28.1 Å². The summed E-state index contributed by atoms with van der Waals surface area (Å²) in [6, 6.07) is 12.5. The van der Waals surface area contributed by atoms with E-state index in [1.165, 1.54) is 16.7 Å². The van der Waals surface area contributed by atoms with Crippen LogP contribution in [-0.4, -0.2) is 7.11 Å². The predicted octanol–water partition coefficient (Wildman–Crippen LogP) is 5.24. The Bertz CT molecular complexity index is 615. The molecule has 2 rings (SSSR count). The highest BCUT2D eigenvalue weighted by Crippen LogP contribution is 2.26. The molecule has 0 aliphatic heterocycles. The number of hydrogen-bond donors (Lipinski definition) is 0. The summed E-state index contributed by atoms with van der Waals surface area (Å²) in [7, 11) is 1.67. The lowest BCUT2D eigenvalue weighted by molar-refractivity contribution is 0.412. The highest BCUT2D eigenvalue weighted by Gasteiger charge is 1.99. The molecule has 0 aromatic heterocycles. The summed E-state index contributed by atoms with van der Waals surface area (Å²) in [4.78, 5) is 0. The fraction of sp³-hybridized carbons (Fsp3) is 0.176. The van der Waals surface area contributed by atoms with Gasteiger partial charge in [-0.1, -0.05) is 36.4 Å². The van der Waals surface area contributed by atoms with Crippen LogP contribution in [0.3, 0.4) is 0 Å². The van der Waals surface area contributed by atoms with Crippen molar-refractivity contribution in [2.24, 2.45) is 0 Å². The Morgan fingerprint density at radius 3 is 2.11 bits per heavy atom. The van der Waals surface area contributed by atoms with Crippen LogP contribution in [0.25, 0.3) is 12.2 Å². The molecule has 0 heterocycles. The Labute approximate surface area is 123 Å². The van der Waals surface area contributed by atoms with E-state index in [1.807, 2.05) is 12.1 Å².